The summed E-state index contributed by atoms with van der Waals surface area (Å²) in [5.74, 6) is -0.205. The highest BCUT2D eigenvalue weighted by Gasteiger charge is 2.20. The van der Waals surface area contributed by atoms with Crippen molar-refractivity contribution in [1.29, 1.82) is 0 Å². The zero-order valence-electron chi connectivity index (χ0n) is 9.08. The van der Waals surface area contributed by atoms with Crippen molar-refractivity contribution in [1.82, 2.24) is 0 Å². The van der Waals surface area contributed by atoms with Crippen LogP contribution >= 0.6 is 11.6 Å². The van der Waals surface area contributed by atoms with E-state index in [-0.39, 0.29) is 10.5 Å². The minimum Gasteiger partial charge on any atom is -0.493 e. The molecule has 0 aliphatic heterocycles. The lowest BCUT2D eigenvalue weighted by molar-refractivity contribution is 0.271. The van der Waals surface area contributed by atoms with Crippen LogP contribution in [-0.4, -0.2) is 23.8 Å². The molecule has 0 aliphatic rings. The Kier molecular flexibility index (Phi) is 4.59. The van der Waals surface area contributed by atoms with E-state index in [2.05, 4.69) is 0 Å². The number of hydrogen-bond acceptors (Lipinski definition) is 3. The normalized spacial score (nSPS) is 10.7. The van der Waals surface area contributed by atoms with Gasteiger partial charge in [-0.05, 0) is 12.0 Å². The molecule has 0 aliphatic carbocycles. The van der Waals surface area contributed by atoms with Gasteiger partial charge < -0.3 is 14.8 Å². The molecule has 0 unspecified atom stereocenters. The summed E-state index contributed by atoms with van der Waals surface area (Å²) in [5.41, 5.74) is -0.286. The van der Waals surface area contributed by atoms with Crippen LogP contribution in [0.5, 0.6) is 5.75 Å². The molecule has 0 atom stereocenters. The number of hydrogen-bond donors (Lipinski definition) is 2. The summed E-state index contributed by atoms with van der Waals surface area (Å²) in [5, 5.41) is 17.7. The molecular formula is C10H13BClFO3. The first-order chi connectivity index (χ1) is 7.41. The molecule has 0 saturated carbocycles. The van der Waals surface area contributed by atoms with Crippen LogP contribution in [0.15, 0.2) is 12.1 Å². The van der Waals surface area contributed by atoms with Gasteiger partial charge in [-0.25, -0.2) is 4.39 Å². The van der Waals surface area contributed by atoms with Crippen molar-refractivity contribution in [3.05, 3.63) is 23.0 Å². The highest BCUT2D eigenvalue weighted by atomic mass is 35.5. The Hall–Kier alpha value is -0.775. The molecule has 1 aromatic carbocycles. The molecule has 0 heterocycles. The largest absolute Gasteiger partial charge is 0.493 e. The van der Waals surface area contributed by atoms with Gasteiger partial charge in [0.1, 0.15) is 11.6 Å². The SMILES string of the molecule is CC(C)COc1cc(Cl)c(F)c(B(O)O)c1. The molecule has 1 rings (SSSR count). The van der Waals surface area contributed by atoms with Gasteiger partial charge in [-0.2, -0.15) is 0 Å². The zero-order chi connectivity index (χ0) is 12.3. The maximum atomic E-state index is 13.3. The monoisotopic (exact) mass is 246 g/mol. The average molecular weight is 246 g/mol. The second kappa shape index (κ2) is 5.52. The van der Waals surface area contributed by atoms with Crippen LogP contribution in [0.2, 0.25) is 5.02 Å². The third kappa shape index (κ3) is 3.37. The van der Waals surface area contributed by atoms with Crippen LogP contribution in [-0.2, 0) is 0 Å². The van der Waals surface area contributed by atoms with E-state index >= 15 is 0 Å². The zero-order valence-corrected chi connectivity index (χ0v) is 9.83. The van der Waals surface area contributed by atoms with Crippen LogP contribution in [0.4, 0.5) is 4.39 Å². The lowest BCUT2D eigenvalue weighted by Gasteiger charge is -2.11. The number of ether oxygens (including phenoxy) is 1. The molecule has 2 N–H and O–H groups in total. The fraction of sp³-hybridized carbons (Fsp3) is 0.400. The molecule has 0 saturated heterocycles. The smallest absolute Gasteiger partial charge is 0.491 e. The Labute approximate surface area is 99.0 Å². The molecule has 0 bridgehead atoms. The first-order valence-electron chi connectivity index (χ1n) is 4.89. The Morgan fingerprint density at radius 2 is 2.06 bits per heavy atom. The summed E-state index contributed by atoms with van der Waals surface area (Å²) >= 11 is 5.60. The Morgan fingerprint density at radius 3 is 2.56 bits per heavy atom. The van der Waals surface area contributed by atoms with Gasteiger partial charge >= 0.3 is 7.12 Å². The Balaban J connectivity index is 2.95. The molecular weight excluding hydrogens is 233 g/mol. The molecule has 6 heteroatoms. The van der Waals surface area contributed by atoms with Gasteiger partial charge in [0.15, 0.2) is 0 Å². The van der Waals surface area contributed by atoms with Gasteiger partial charge in [0.25, 0.3) is 0 Å². The molecule has 0 spiro atoms. The van der Waals surface area contributed by atoms with Gasteiger partial charge in [-0.15, -0.1) is 0 Å². The van der Waals surface area contributed by atoms with Crippen LogP contribution in [0.1, 0.15) is 13.8 Å². The van der Waals surface area contributed by atoms with Crippen molar-refractivity contribution >= 4 is 24.2 Å². The molecule has 3 nitrogen and oxygen atoms in total. The fourth-order valence-electron chi connectivity index (χ4n) is 1.12. The number of halogens is 2. The van der Waals surface area contributed by atoms with Gasteiger partial charge in [0.2, 0.25) is 0 Å². The fourth-order valence-corrected chi connectivity index (χ4v) is 1.34. The molecule has 0 radical (unpaired) electrons. The van der Waals surface area contributed by atoms with Crippen molar-refractivity contribution in [2.75, 3.05) is 6.61 Å². The Bertz CT molecular complexity index is 371. The van der Waals surface area contributed by atoms with Crippen LogP contribution in [0, 0.1) is 11.7 Å². The van der Waals surface area contributed by atoms with E-state index in [1.165, 1.54) is 12.1 Å². The standard InChI is InChI=1S/C10H13BClFO3/c1-6(2)5-16-7-3-8(11(14)15)10(13)9(12)4-7/h3-4,6,14-15H,5H2,1-2H3. The first-order valence-corrected chi connectivity index (χ1v) is 5.27. The molecule has 88 valence electrons. The van der Waals surface area contributed by atoms with Crippen LogP contribution in [0.25, 0.3) is 0 Å². The number of benzene rings is 1. The van der Waals surface area contributed by atoms with E-state index < -0.39 is 12.9 Å². The predicted octanol–water partition coefficient (Wildman–Crippen LogP) is 1.19. The van der Waals surface area contributed by atoms with Crippen molar-refractivity contribution in [2.45, 2.75) is 13.8 Å². The van der Waals surface area contributed by atoms with Crippen molar-refractivity contribution in [3.8, 4) is 5.75 Å². The summed E-state index contributed by atoms with van der Waals surface area (Å²) in [7, 11) is -1.90. The predicted molar refractivity (Wildman–Crippen MR) is 61.6 cm³/mol. The van der Waals surface area contributed by atoms with Crippen LogP contribution < -0.4 is 10.2 Å². The molecule has 1 aromatic rings. The summed E-state index contributed by atoms with van der Waals surface area (Å²) in [6.45, 7) is 4.38. The summed E-state index contributed by atoms with van der Waals surface area (Å²) in [4.78, 5) is 0. The first kappa shape index (κ1) is 13.3. The highest BCUT2D eigenvalue weighted by Crippen LogP contribution is 2.20. The minimum absolute atomic E-state index is 0.190. The highest BCUT2D eigenvalue weighted by molar-refractivity contribution is 6.59. The maximum Gasteiger partial charge on any atom is 0.491 e. The van der Waals surface area contributed by atoms with E-state index in [9.17, 15) is 4.39 Å². The second-order valence-corrected chi connectivity index (χ2v) is 4.29. The third-order valence-corrected chi connectivity index (χ3v) is 2.17. The van der Waals surface area contributed by atoms with Gasteiger partial charge in [-0.3, -0.25) is 0 Å². The Morgan fingerprint density at radius 1 is 1.44 bits per heavy atom. The number of rotatable bonds is 4. The molecule has 0 aromatic heterocycles. The quantitative estimate of drug-likeness (QED) is 0.785. The lowest BCUT2D eigenvalue weighted by atomic mass is 9.80. The summed E-state index contributed by atoms with van der Waals surface area (Å²) in [6, 6.07) is 2.54. The van der Waals surface area contributed by atoms with E-state index in [0.29, 0.717) is 18.3 Å². The molecule has 16 heavy (non-hydrogen) atoms. The van der Waals surface area contributed by atoms with E-state index in [1.807, 2.05) is 13.8 Å². The van der Waals surface area contributed by atoms with Crippen molar-refractivity contribution < 1.29 is 19.2 Å². The van der Waals surface area contributed by atoms with Gasteiger partial charge in [0, 0.05) is 11.5 Å². The molecule has 0 amide bonds. The second-order valence-electron chi connectivity index (χ2n) is 3.89. The third-order valence-electron chi connectivity index (χ3n) is 1.89. The summed E-state index contributed by atoms with van der Waals surface area (Å²) < 4.78 is 18.6. The lowest BCUT2D eigenvalue weighted by Crippen LogP contribution is -2.33. The average Bonchev–Trinajstić information content (AvgIpc) is 2.19. The summed E-state index contributed by atoms with van der Waals surface area (Å²) in [6.07, 6.45) is 0. The topological polar surface area (TPSA) is 49.7 Å². The van der Waals surface area contributed by atoms with Crippen molar-refractivity contribution in [2.24, 2.45) is 5.92 Å². The van der Waals surface area contributed by atoms with Crippen LogP contribution in [0.3, 0.4) is 0 Å². The van der Waals surface area contributed by atoms with Gasteiger partial charge in [0.05, 0.1) is 11.6 Å². The van der Waals surface area contributed by atoms with E-state index in [1.54, 1.807) is 0 Å². The molecule has 0 fully saturated rings. The van der Waals surface area contributed by atoms with Crippen molar-refractivity contribution in [3.63, 3.8) is 0 Å². The van der Waals surface area contributed by atoms with Gasteiger partial charge in [-0.1, -0.05) is 25.4 Å². The van der Waals surface area contributed by atoms with E-state index in [4.69, 9.17) is 26.4 Å². The van der Waals surface area contributed by atoms with E-state index in [0.717, 1.165) is 0 Å². The maximum absolute atomic E-state index is 13.3. The minimum atomic E-state index is -1.90.